The van der Waals surface area contributed by atoms with Crippen molar-refractivity contribution in [2.24, 2.45) is 5.73 Å². The normalized spacial score (nSPS) is 12.1. The third kappa shape index (κ3) is 13.8. The lowest BCUT2D eigenvalue weighted by atomic mass is 10.1. The summed E-state index contributed by atoms with van der Waals surface area (Å²) in [7, 11) is -4.39. The molecule has 23 nitrogen and oxygen atoms in total. The number of H-pyrrole nitrogens is 1. The number of benzene rings is 2. The number of hydrogen-bond acceptors (Lipinski definition) is 15. The Hall–Kier alpha value is -7.21. The van der Waals surface area contributed by atoms with Gasteiger partial charge in [-0.15, -0.1) is 0 Å². The molecule has 0 saturated heterocycles. The van der Waals surface area contributed by atoms with Gasteiger partial charge in [0.1, 0.15) is 30.3 Å². The van der Waals surface area contributed by atoms with Crippen LogP contribution < -0.4 is 48.3 Å². The Morgan fingerprint density at radius 3 is 2.26 bits per heavy atom. The molecule has 4 rings (SSSR count). The first-order chi connectivity index (χ1) is 27.5. The van der Waals surface area contributed by atoms with E-state index >= 15 is 0 Å². The summed E-state index contributed by atoms with van der Waals surface area (Å²) in [6.07, 6.45) is -0.144. The highest BCUT2D eigenvalue weighted by atomic mass is 32.2. The van der Waals surface area contributed by atoms with E-state index in [-0.39, 0.29) is 48.2 Å². The molecule has 0 aliphatic carbocycles. The van der Waals surface area contributed by atoms with Crippen molar-refractivity contribution in [3.8, 4) is 5.75 Å². The van der Waals surface area contributed by atoms with E-state index in [0.717, 1.165) is 0 Å². The molecule has 0 spiro atoms. The first kappa shape index (κ1) is 43.5. The van der Waals surface area contributed by atoms with E-state index < -0.39 is 88.9 Å². The number of carboxylic acid groups (broad SMARTS) is 1. The maximum absolute atomic E-state index is 13.0. The quantitative estimate of drug-likeness (QED) is 0.0192. The Bertz CT molecular complexity index is 2320. The Morgan fingerprint density at radius 1 is 0.914 bits per heavy atom. The van der Waals surface area contributed by atoms with Gasteiger partial charge >= 0.3 is 5.97 Å². The smallest absolute Gasteiger partial charge is 0.326 e. The van der Waals surface area contributed by atoms with Gasteiger partial charge in [-0.25, -0.2) is 14.8 Å². The number of aromatic nitrogens is 4. The number of aliphatic carboxylic acids is 1. The van der Waals surface area contributed by atoms with Crippen LogP contribution in [0.2, 0.25) is 0 Å². The number of hydrogen-bond donors (Lipinski definition) is 11. The second-order valence-electron chi connectivity index (χ2n) is 12.4. The van der Waals surface area contributed by atoms with E-state index in [9.17, 15) is 42.3 Å². The van der Waals surface area contributed by atoms with Crippen LogP contribution in [0.1, 0.15) is 40.9 Å². The highest BCUT2D eigenvalue weighted by Crippen LogP contribution is 2.13. The van der Waals surface area contributed by atoms with Crippen LogP contribution in [0.15, 0.2) is 59.5 Å². The maximum Gasteiger partial charge on any atom is 0.326 e. The summed E-state index contributed by atoms with van der Waals surface area (Å²) in [5.41, 5.74) is 12.0. The number of amides is 4. The van der Waals surface area contributed by atoms with Gasteiger partial charge in [-0.05, 0) is 55.0 Å². The Balaban J connectivity index is 1.29. The van der Waals surface area contributed by atoms with Crippen molar-refractivity contribution >= 4 is 68.4 Å². The first-order valence-electron chi connectivity index (χ1n) is 17.2. The minimum Gasteiger partial charge on any atom is -0.492 e. The number of amidine groups is 1. The molecule has 2 heterocycles. The zero-order chi connectivity index (χ0) is 42.4. The lowest BCUT2D eigenvalue weighted by Gasteiger charge is -2.19. The number of nitrogens with one attached hydrogen (secondary N) is 7. The fourth-order valence-corrected chi connectivity index (χ4v) is 5.37. The molecule has 58 heavy (non-hydrogen) atoms. The summed E-state index contributed by atoms with van der Waals surface area (Å²) >= 11 is 0. The van der Waals surface area contributed by atoms with Gasteiger partial charge in [0.25, 0.3) is 21.6 Å². The van der Waals surface area contributed by atoms with Crippen molar-refractivity contribution in [1.82, 2.24) is 41.2 Å². The van der Waals surface area contributed by atoms with Crippen molar-refractivity contribution in [1.29, 1.82) is 5.41 Å². The number of rotatable bonds is 21. The van der Waals surface area contributed by atoms with E-state index in [4.69, 9.17) is 26.2 Å². The largest absolute Gasteiger partial charge is 0.492 e. The monoisotopic (exact) mass is 824 g/mol. The molecule has 308 valence electrons. The van der Waals surface area contributed by atoms with Crippen molar-refractivity contribution < 1.29 is 46.8 Å². The highest BCUT2D eigenvalue weighted by molar-refractivity contribution is 7.85. The second kappa shape index (κ2) is 20.1. The molecule has 0 unspecified atom stereocenters. The number of aromatic amines is 1. The standard InChI is InChI=1S/C34H40N12O11S/c35-28(36)18-3-7-22(8-4-18)57-13-11-39-31(50)24(15-26(48)38-12-14-58(54,55)56)43-25(47)10-9-23(33(52)53)44-30(49)19-1-5-20(6-2-19)40-16-21-17-41-29-27(42-21)32(51)46-34(37)45-29/h1-8,17,23-24,40H,9-16H2,(H3,35,36)(H,38,48)(H,39,50)(H,43,47)(H,44,49)(H,52,53)(H,54,55,56)(H3,37,41,45,46,51)/t23-,24-/m0/s1. The number of anilines is 2. The van der Waals surface area contributed by atoms with Gasteiger partial charge in [0, 0.05) is 29.8 Å². The molecular weight excluding hydrogens is 785 g/mol. The molecule has 0 fully saturated rings. The van der Waals surface area contributed by atoms with Crippen molar-refractivity contribution in [2.75, 3.05) is 36.5 Å². The Labute approximate surface area is 329 Å². The summed E-state index contributed by atoms with van der Waals surface area (Å²) in [5.74, 6) is -5.33. The van der Waals surface area contributed by atoms with Crippen molar-refractivity contribution in [3.05, 3.63) is 81.9 Å². The third-order valence-electron chi connectivity index (χ3n) is 7.93. The molecular formula is C34H40N12O11S. The topological polar surface area (TPSA) is 377 Å². The van der Waals surface area contributed by atoms with Crippen LogP contribution in [0.3, 0.4) is 0 Å². The van der Waals surface area contributed by atoms with E-state index in [1.165, 1.54) is 18.3 Å². The number of ether oxygens (including phenoxy) is 1. The van der Waals surface area contributed by atoms with E-state index in [0.29, 0.717) is 22.7 Å². The zero-order valence-corrected chi connectivity index (χ0v) is 31.3. The molecule has 24 heteroatoms. The van der Waals surface area contributed by atoms with Gasteiger partial charge in [-0.1, -0.05) is 0 Å². The number of carboxylic acids is 1. The fourth-order valence-electron chi connectivity index (χ4n) is 5.01. The second-order valence-corrected chi connectivity index (χ2v) is 13.9. The van der Waals surface area contributed by atoms with Crippen LogP contribution in [-0.4, -0.2) is 111 Å². The molecule has 0 radical (unpaired) electrons. The number of carbonyl (C=O) groups excluding carboxylic acids is 4. The molecule has 2 aromatic carbocycles. The summed E-state index contributed by atoms with van der Waals surface area (Å²) < 4.78 is 36.5. The minimum absolute atomic E-state index is 0.00335. The SMILES string of the molecule is N=C(N)c1ccc(OCCNC(=O)[C@H](CC(=O)NCCS(=O)(=O)O)NC(=O)CC[C@H](NC(=O)c2ccc(NCc3cnc4nc(N)[nH]c(=O)c4n3)cc2)C(=O)O)cc1. The van der Waals surface area contributed by atoms with Crippen LogP contribution in [0, 0.1) is 5.41 Å². The fraction of sp³-hybridized carbons (Fsp3) is 0.294. The predicted molar refractivity (Wildman–Crippen MR) is 206 cm³/mol. The first-order valence-corrected chi connectivity index (χ1v) is 18.8. The average Bonchev–Trinajstić information content (AvgIpc) is 3.16. The summed E-state index contributed by atoms with van der Waals surface area (Å²) in [5, 5.41) is 29.7. The van der Waals surface area contributed by atoms with Gasteiger partial charge in [0.05, 0.1) is 37.2 Å². The predicted octanol–water partition coefficient (Wildman–Crippen LogP) is -1.77. The summed E-state index contributed by atoms with van der Waals surface area (Å²) in [4.78, 5) is 90.1. The molecule has 13 N–H and O–H groups in total. The molecule has 2 aromatic heterocycles. The van der Waals surface area contributed by atoms with Crippen molar-refractivity contribution in [3.63, 3.8) is 0 Å². The number of nitrogens with zero attached hydrogens (tertiary/aromatic N) is 3. The number of carbonyl (C=O) groups is 5. The van der Waals surface area contributed by atoms with Crippen LogP contribution in [0.5, 0.6) is 5.75 Å². The highest BCUT2D eigenvalue weighted by Gasteiger charge is 2.26. The summed E-state index contributed by atoms with van der Waals surface area (Å²) in [6, 6.07) is 9.16. The maximum atomic E-state index is 13.0. The van der Waals surface area contributed by atoms with Gasteiger partial charge in [-0.3, -0.25) is 38.9 Å². The van der Waals surface area contributed by atoms with Gasteiger partial charge in [0.2, 0.25) is 23.7 Å². The molecule has 2 atom stereocenters. The number of nitrogens with two attached hydrogens (primary N) is 2. The van der Waals surface area contributed by atoms with E-state index in [1.807, 2.05) is 0 Å². The van der Waals surface area contributed by atoms with E-state index in [2.05, 4.69) is 46.5 Å². The summed E-state index contributed by atoms with van der Waals surface area (Å²) in [6.45, 7) is -0.447. The molecule has 4 aromatic rings. The van der Waals surface area contributed by atoms with E-state index in [1.54, 1.807) is 36.4 Å². The van der Waals surface area contributed by atoms with Gasteiger partial charge in [-0.2, -0.15) is 13.4 Å². The van der Waals surface area contributed by atoms with Crippen LogP contribution in [0.25, 0.3) is 11.2 Å². The van der Waals surface area contributed by atoms with Crippen LogP contribution >= 0.6 is 0 Å². The Morgan fingerprint density at radius 2 is 1.60 bits per heavy atom. The Kier molecular flexibility index (Phi) is 15.1. The molecule has 0 saturated carbocycles. The average molecular weight is 825 g/mol. The molecule has 0 aliphatic heterocycles. The van der Waals surface area contributed by atoms with Crippen LogP contribution in [0.4, 0.5) is 11.6 Å². The lowest BCUT2D eigenvalue weighted by Crippen LogP contribution is -2.50. The molecule has 4 amide bonds. The van der Waals surface area contributed by atoms with Crippen molar-refractivity contribution in [2.45, 2.75) is 37.9 Å². The lowest BCUT2D eigenvalue weighted by molar-refractivity contribution is -0.139. The molecule has 0 bridgehead atoms. The van der Waals surface area contributed by atoms with Gasteiger partial charge in [0.15, 0.2) is 11.2 Å². The molecule has 0 aliphatic rings. The zero-order valence-electron chi connectivity index (χ0n) is 30.5. The number of nitrogen functional groups attached to an aromatic ring is 2. The number of fused-ring (bicyclic) bond motifs is 1. The van der Waals surface area contributed by atoms with Gasteiger partial charge < -0.3 is 47.9 Å². The van der Waals surface area contributed by atoms with Crippen LogP contribution in [-0.2, 0) is 35.8 Å². The third-order valence-corrected chi connectivity index (χ3v) is 8.65. The minimum atomic E-state index is -4.39.